The van der Waals surface area contributed by atoms with Gasteiger partial charge < -0.3 is 26.2 Å². The molecule has 8 heteroatoms. The molecule has 0 aromatic heterocycles. The Labute approximate surface area is 122 Å². The summed E-state index contributed by atoms with van der Waals surface area (Å²) in [5, 5.41) is 14.8. The van der Waals surface area contributed by atoms with E-state index in [1.165, 1.54) is 0 Å². The molecule has 0 aromatic carbocycles. The second kappa shape index (κ2) is 6.75. The second-order valence-corrected chi connectivity index (χ2v) is 6.52. The van der Waals surface area contributed by atoms with Gasteiger partial charge in [0, 0.05) is 24.9 Å². The molecule has 2 heterocycles. The lowest BCUT2D eigenvalue weighted by Crippen LogP contribution is -2.48. The molecule has 2 saturated heterocycles. The van der Waals surface area contributed by atoms with E-state index < -0.39 is 12.0 Å². The zero-order chi connectivity index (χ0) is 14.7. The fourth-order valence-electron chi connectivity index (χ4n) is 2.66. The number of carbonyl (C=O) groups is 2. The van der Waals surface area contributed by atoms with Crippen molar-refractivity contribution in [2.24, 2.45) is 5.73 Å². The van der Waals surface area contributed by atoms with E-state index in [2.05, 4.69) is 10.6 Å². The fraction of sp³-hybridized carbons (Fsp3) is 0.833. The number of hydrogen-bond donors (Lipinski definition) is 4. The van der Waals surface area contributed by atoms with Crippen LogP contribution in [0.5, 0.6) is 0 Å². The van der Waals surface area contributed by atoms with Crippen molar-refractivity contribution in [2.45, 2.75) is 41.5 Å². The number of ether oxygens (including phenoxy) is 1. The molecular weight excluding hydrogens is 282 g/mol. The molecule has 0 radical (unpaired) electrons. The van der Waals surface area contributed by atoms with Crippen molar-refractivity contribution in [3.63, 3.8) is 0 Å². The quantitative estimate of drug-likeness (QED) is 0.502. The molecular formula is C12H21N3O4S. The third-order valence-corrected chi connectivity index (χ3v) is 5.48. The number of fused-ring (bicyclic) bond motifs is 1. The monoisotopic (exact) mass is 303 g/mol. The molecule has 0 aliphatic carbocycles. The Kier molecular flexibility index (Phi) is 5.25. The maximum atomic E-state index is 12.1. The van der Waals surface area contributed by atoms with Crippen LogP contribution in [-0.2, 0) is 14.3 Å². The molecule has 3 unspecified atom stereocenters. The Morgan fingerprint density at radius 2 is 2.35 bits per heavy atom. The van der Waals surface area contributed by atoms with E-state index in [0.29, 0.717) is 0 Å². The Bertz CT molecular complexity index is 382. The molecule has 7 nitrogen and oxygen atoms in total. The number of thioether (sulfide) groups is 1. The maximum Gasteiger partial charge on any atom is 0.322 e. The van der Waals surface area contributed by atoms with Crippen molar-refractivity contribution in [1.29, 1.82) is 0 Å². The van der Waals surface area contributed by atoms with Gasteiger partial charge in [-0.05, 0) is 19.4 Å². The van der Waals surface area contributed by atoms with E-state index in [0.717, 1.165) is 19.4 Å². The van der Waals surface area contributed by atoms with E-state index in [4.69, 9.17) is 15.6 Å². The Hall–Kier alpha value is -0.830. The van der Waals surface area contributed by atoms with Crippen LogP contribution in [-0.4, -0.2) is 65.9 Å². The number of piperidine rings is 1. The van der Waals surface area contributed by atoms with Gasteiger partial charge in [-0.3, -0.25) is 9.59 Å². The molecule has 5 atom stereocenters. The molecule has 5 N–H and O–H groups in total. The van der Waals surface area contributed by atoms with Crippen LogP contribution in [0, 0.1) is 0 Å². The van der Waals surface area contributed by atoms with E-state index in [-0.39, 0.29) is 35.1 Å². The van der Waals surface area contributed by atoms with Gasteiger partial charge >= 0.3 is 5.97 Å². The molecule has 2 fully saturated rings. The van der Waals surface area contributed by atoms with Crippen molar-refractivity contribution < 1.29 is 19.4 Å². The standard InChI is InChI=1S/C12H21N3O4S/c1-19-8-2-3-14-7-4-9(20-10(7)8)11(16)15-5-6(13)12(17)18/h6-10,14H,2-5,13H2,1H3,(H,15,16)(H,17,18)/t6-,7+,8?,9?,10?/m1/s1. The van der Waals surface area contributed by atoms with Gasteiger partial charge in [-0.2, -0.15) is 0 Å². The second-order valence-electron chi connectivity index (χ2n) is 5.14. The van der Waals surface area contributed by atoms with E-state index >= 15 is 0 Å². The highest BCUT2D eigenvalue weighted by molar-refractivity contribution is 8.01. The van der Waals surface area contributed by atoms with Gasteiger partial charge in [0.1, 0.15) is 6.04 Å². The minimum atomic E-state index is -1.11. The molecule has 1 amide bonds. The number of rotatable bonds is 5. The normalized spacial score (nSPS) is 34.3. The SMILES string of the molecule is COC1CCN[C@H]2CC(C(=O)NC[C@@H](N)C(=O)O)SC12. The Morgan fingerprint density at radius 3 is 3.00 bits per heavy atom. The van der Waals surface area contributed by atoms with Crippen LogP contribution < -0.4 is 16.4 Å². The summed E-state index contributed by atoms with van der Waals surface area (Å²) in [6.45, 7) is 0.861. The number of methoxy groups -OCH3 is 1. The minimum absolute atomic E-state index is 0.0400. The number of nitrogens with one attached hydrogen (secondary N) is 2. The fourth-order valence-corrected chi connectivity index (χ4v) is 4.38. The van der Waals surface area contributed by atoms with Crippen LogP contribution >= 0.6 is 11.8 Å². The highest BCUT2D eigenvalue weighted by atomic mass is 32.2. The molecule has 2 rings (SSSR count). The number of aliphatic carboxylic acids is 1. The topological polar surface area (TPSA) is 114 Å². The average molecular weight is 303 g/mol. The summed E-state index contributed by atoms with van der Waals surface area (Å²) in [4.78, 5) is 22.7. The van der Waals surface area contributed by atoms with Crippen molar-refractivity contribution in [3.8, 4) is 0 Å². The lowest BCUT2D eigenvalue weighted by Gasteiger charge is -2.32. The van der Waals surface area contributed by atoms with Crippen LogP contribution in [0.2, 0.25) is 0 Å². The summed E-state index contributed by atoms with van der Waals surface area (Å²) in [6.07, 6.45) is 1.86. The molecule has 0 aromatic rings. The van der Waals surface area contributed by atoms with Gasteiger partial charge in [-0.25, -0.2) is 0 Å². The van der Waals surface area contributed by atoms with E-state index in [9.17, 15) is 9.59 Å². The van der Waals surface area contributed by atoms with Gasteiger partial charge in [0.05, 0.1) is 11.4 Å². The predicted molar refractivity (Wildman–Crippen MR) is 75.6 cm³/mol. The van der Waals surface area contributed by atoms with Crippen LogP contribution in [0.3, 0.4) is 0 Å². The zero-order valence-electron chi connectivity index (χ0n) is 11.4. The zero-order valence-corrected chi connectivity index (χ0v) is 12.2. The highest BCUT2D eigenvalue weighted by Gasteiger charge is 2.44. The average Bonchev–Trinajstić information content (AvgIpc) is 2.87. The predicted octanol–water partition coefficient (Wildman–Crippen LogP) is -1.23. The number of carboxylic acid groups (broad SMARTS) is 1. The molecule has 0 saturated carbocycles. The van der Waals surface area contributed by atoms with Gasteiger partial charge in [-0.1, -0.05) is 0 Å². The van der Waals surface area contributed by atoms with Crippen LogP contribution in [0.15, 0.2) is 0 Å². The van der Waals surface area contributed by atoms with Gasteiger partial charge in [0.2, 0.25) is 5.91 Å². The number of hydrogen-bond acceptors (Lipinski definition) is 6. The first-order valence-electron chi connectivity index (χ1n) is 6.70. The van der Waals surface area contributed by atoms with Crippen LogP contribution in [0.1, 0.15) is 12.8 Å². The summed E-state index contributed by atoms with van der Waals surface area (Å²) < 4.78 is 5.47. The minimum Gasteiger partial charge on any atom is -0.480 e. The van der Waals surface area contributed by atoms with Crippen LogP contribution in [0.25, 0.3) is 0 Å². The molecule has 0 spiro atoms. The van der Waals surface area contributed by atoms with E-state index in [1.807, 2.05) is 0 Å². The van der Waals surface area contributed by atoms with Crippen molar-refractivity contribution in [3.05, 3.63) is 0 Å². The lowest BCUT2D eigenvalue weighted by molar-refractivity contribution is -0.138. The van der Waals surface area contributed by atoms with E-state index in [1.54, 1.807) is 18.9 Å². The largest absolute Gasteiger partial charge is 0.480 e. The number of carbonyl (C=O) groups excluding carboxylic acids is 1. The van der Waals surface area contributed by atoms with Crippen LogP contribution in [0.4, 0.5) is 0 Å². The first-order valence-corrected chi connectivity index (χ1v) is 7.65. The number of carboxylic acids is 1. The number of nitrogens with two attached hydrogens (primary N) is 1. The summed E-state index contributed by atoms with van der Waals surface area (Å²) >= 11 is 1.61. The molecule has 114 valence electrons. The summed E-state index contributed by atoms with van der Waals surface area (Å²) in [5.41, 5.74) is 5.37. The summed E-state index contributed by atoms with van der Waals surface area (Å²) in [5.74, 6) is -1.25. The van der Waals surface area contributed by atoms with Crippen molar-refractivity contribution in [2.75, 3.05) is 20.2 Å². The van der Waals surface area contributed by atoms with Gasteiger partial charge in [0.25, 0.3) is 0 Å². The molecule has 0 bridgehead atoms. The third kappa shape index (κ3) is 3.43. The first kappa shape index (κ1) is 15.6. The molecule has 2 aliphatic rings. The molecule has 20 heavy (non-hydrogen) atoms. The lowest BCUT2D eigenvalue weighted by atomic mass is 9.97. The van der Waals surface area contributed by atoms with Gasteiger partial charge in [-0.15, -0.1) is 11.8 Å². The first-order chi connectivity index (χ1) is 9.52. The Morgan fingerprint density at radius 1 is 1.60 bits per heavy atom. The maximum absolute atomic E-state index is 12.1. The summed E-state index contributed by atoms with van der Waals surface area (Å²) in [7, 11) is 1.70. The molecule has 2 aliphatic heterocycles. The smallest absolute Gasteiger partial charge is 0.322 e. The van der Waals surface area contributed by atoms with Crippen molar-refractivity contribution >= 4 is 23.6 Å². The van der Waals surface area contributed by atoms with Crippen molar-refractivity contribution in [1.82, 2.24) is 10.6 Å². The summed E-state index contributed by atoms with van der Waals surface area (Å²) in [6, 6.07) is -0.778. The third-order valence-electron chi connectivity index (χ3n) is 3.80. The number of amides is 1. The Balaban J connectivity index is 1.85. The van der Waals surface area contributed by atoms with Gasteiger partial charge in [0.15, 0.2) is 0 Å². The highest BCUT2D eigenvalue weighted by Crippen LogP contribution is 2.39.